The van der Waals surface area contributed by atoms with Crippen molar-refractivity contribution in [2.75, 3.05) is 28.5 Å². The van der Waals surface area contributed by atoms with Crippen LogP contribution in [0.1, 0.15) is 18.3 Å². The normalized spacial score (nSPS) is 14.1. The first-order valence-corrected chi connectivity index (χ1v) is 9.63. The summed E-state index contributed by atoms with van der Waals surface area (Å²) in [5.74, 6) is 0.825. The van der Waals surface area contributed by atoms with Crippen molar-refractivity contribution in [3.63, 3.8) is 0 Å². The Bertz CT molecular complexity index is 758. The molecule has 1 N–H and O–H groups in total. The number of aromatic nitrogens is 2. The lowest BCUT2D eigenvalue weighted by molar-refractivity contribution is 0.592. The van der Waals surface area contributed by atoms with Gasteiger partial charge in [-0.2, -0.15) is 4.37 Å². The van der Waals surface area contributed by atoms with Crippen LogP contribution in [0.3, 0.4) is 0 Å². The standard InChI is InChI=1S/C14H18N4O2S2/c1-2-13-16-14(21-17-13)15-8-10-22(19,20)18-9-7-11-5-3-4-6-12(11)18/h3-6H,2,7-10H2,1H3,(H,15,16,17). The second kappa shape index (κ2) is 6.21. The van der Waals surface area contributed by atoms with Crippen LogP contribution in [-0.4, -0.2) is 36.6 Å². The van der Waals surface area contributed by atoms with Crippen molar-refractivity contribution in [3.8, 4) is 0 Å². The number of nitrogens with one attached hydrogen (secondary N) is 1. The Balaban J connectivity index is 1.62. The van der Waals surface area contributed by atoms with Crippen LogP contribution in [0.25, 0.3) is 0 Å². The van der Waals surface area contributed by atoms with E-state index in [1.54, 1.807) is 0 Å². The van der Waals surface area contributed by atoms with Crippen LogP contribution in [0, 0.1) is 0 Å². The summed E-state index contributed by atoms with van der Waals surface area (Å²) < 4.78 is 30.7. The van der Waals surface area contributed by atoms with Crippen LogP contribution in [0.4, 0.5) is 10.8 Å². The topological polar surface area (TPSA) is 75.2 Å². The van der Waals surface area contributed by atoms with Gasteiger partial charge in [-0.15, -0.1) is 0 Å². The Labute approximate surface area is 134 Å². The van der Waals surface area contributed by atoms with Gasteiger partial charge >= 0.3 is 0 Å². The van der Waals surface area contributed by atoms with Gasteiger partial charge in [0.15, 0.2) is 0 Å². The molecule has 0 aliphatic carbocycles. The number of hydrogen-bond donors (Lipinski definition) is 1. The van der Waals surface area contributed by atoms with Crippen LogP contribution in [0.15, 0.2) is 24.3 Å². The zero-order valence-corrected chi connectivity index (χ0v) is 14.0. The van der Waals surface area contributed by atoms with E-state index in [1.807, 2.05) is 31.2 Å². The molecule has 0 saturated heterocycles. The Morgan fingerprint density at radius 1 is 1.36 bits per heavy atom. The lowest BCUT2D eigenvalue weighted by Crippen LogP contribution is -2.33. The number of rotatable bonds is 6. The fourth-order valence-electron chi connectivity index (χ4n) is 2.46. The summed E-state index contributed by atoms with van der Waals surface area (Å²) in [5, 5.41) is 3.72. The van der Waals surface area contributed by atoms with E-state index in [0.29, 0.717) is 18.2 Å². The number of hydrogen-bond acceptors (Lipinski definition) is 6. The third-order valence-corrected chi connectivity index (χ3v) is 6.08. The Morgan fingerprint density at radius 2 is 2.18 bits per heavy atom. The van der Waals surface area contributed by atoms with Gasteiger partial charge in [0.1, 0.15) is 5.82 Å². The molecule has 1 aromatic carbocycles. The number of anilines is 2. The zero-order valence-electron chi connectivity index (χ0n) is 12.3. The molecule has 0 unspecified atom stereocenters. The molecule has 0 saturated carbocycles. The monoisotopic (exact) mass is 338 g/mol. The van der Waals surface area contributed by atoms with Crippen molar-refractivity contribution >= 4 is 32.4 Å². The first kappa shape index (κ1) is 15.2. The van der Waals surface area contributed by atoms with Crippen molar-refractivity contribution in [1.82, 2.24) is 9.36 Å². The Kier molecular flexibility index (Phi) is 4.30. The van der Waals surface area contributed by atoms with E-state index in [-0.39, 0.29) is 5.75 Å². The molecular formula is C14H18N4O2S2. The van der Waals surface area contributed by atoms with Crippen LogP contribution in [-0.2, 0) is 22.9 Å². The van der Waals surface area contributed by atoms with E-state index < -0.39 is 10.0 Å². The molecule has 0 atom stereocenters. The van der Waals surface area contributed by atoms with Gasteiger partial charge in [-0.05, 0) is 18.1 Å². The molecule has 3 rings (SSSR count). The van der Waals surface area contributed by atoms with Gasteiger partial charge in [0.05, 0.1) is 11.4 Å². The highest BCUT2D eigenvalue weighted by Gasteiger charge is 2.28. The highest BCUT2D eigenvalue weighted by molar-refractivity contribution is 7.92. The molecule has 6 nitrogen and oxygen atoms in total. The van der Waals surface area contributed by atoms with Gasteiger partial charge in [-0.25, -0.2) is 13.4 Å². The summed E-state index contributed by atoms with van der Waals surface area (Å²) in [4.78, 5) is 4.27. The largest absolute Gasteiger partial charge is 0.359 e. The first-order valence-electron chi connectivity index (χ1n) is 7.25. The summed E-state index contributed by atoms with van der Waals surface area (Å²) in [7, 11) is -3.32. The minimum atomic E-state index is -3.32. The molecule has 0 bridgehead atoms. The summed E-state index contributed by atoms with van der Waals surface area (Å²) >= 11 is 1.26. The molecule has 22 heavy (non-hydrogen) atoms. The highest BCUT2D eigenvalue weighted by Crippen LogP contribution is 2.29. The Morgan fingerprint density at radius 3 is 2.95 bits per heavy atom. The van der Waals surface area contributed by atoms with E-state index in [4.69, 9.17) is 0 Å². The van der Waals surface area contributed by atoms with Crippen molar-refractivity contribution in [1.29, 1.82) is 0 Å². The second-order valence-corrected chi connectivity index (χ2v) is 7.83. The molecule has 0 spiro atoms. The predicted octanol–water partition coefficient (Wildman–Crippen LogP) is 1.90. The van der Waals surface area contributed by atoms with Gasteiger partial charge in [0.25, 0.3) is 0 Å². The van der Waals surface area contributed by atoms with Crippen molar-refractivity contribution in [3.05, 3.63) is 35.7 Å². The number of aryl methyl sites for hydroxylation is 1. The van der Waals surface area contributed by atoms with Gasteiger partial charge in [0.2, 0.25) is 15.2 Å². The van der Waals surface area contributed by atoms with Gasteiger partial charge in [-0.1, -0.05) is 25.1 Å². The first-order chi connectivity index (χ1) is 10.6. The summed E-state index contributed by atoms with van der Waals surface area (Å²) in [6.45, 7) is 2.85. The molecule has 118 valence electrons. The number of fused-ring (bicyclic) bond motifs is 1. The van der Waals surface area contributed by atoms with E-state index >= 15 is 0 Å². The lowest BCUT2D eigenvalue weighted by atomic mass is 10.2. The average molecular weight is 338 g/mol. The quantitative estimate of drug-likeness (QED) is 0.871. The minimum absolute atomic E-state index is 0.0440. The number of benzene rings is 1. The van der Waals surface area contributed by atoms with Gasteiger partial charge < -0.3 is 5.32 Å². The highest BCUT2D eigenvalue weighted by atomic mass is 32.2. The van der Waals surface area contributed by atoms with Crippen LogP contribution in [0.2, 0.25) is 0 Å². The molecule has 1 aromatic heterocycles. The molecule has 0 fully saturated rings. The van der Waals surface area contributed by atoms with Crippen molar-refractivity contribution < 1.29 is 8.42 Å². The average Bonchev–Trinajstić information content (AvgIpc) is 3.13. The lowest BCUT2D eigenvalue weighted by Gasteiger charge is -2.19. The van der Waals surface area contributed by atoms with E-state index in [2.05, 4.69) is 14.7 Å². The van der Waals surface area contributed by atoms with Crippen molar-refractivity contribution in [2.24, 2.45) is 0 Å². The molecule has 0 amide bonds. The van der Waals surface area contributed by atoms with Gasteiger partial charge in [-0.3, -0.25) is 4.31 Å². The maximum Gasteiger partial charge on any atom is 0.236 e. The third kappa shape index (κ3) is 3.07. The van der Waals surface area contributed by atoms with Crippen molar-refractivity contribution in [2.45, 2.75) is 19.8 Å². The zero-order chi connectivity index (χ0) is 15.6. The summed E-state index contributed by atoms with van der Waals surface area (Å²) in [6.07, 6.45) is 1.56. The Hall–Kier alpha value is -1.67. The predicted molar refractivity (Wildman–Crippen MR) is 89.1 cm³/mol. The molecule has 1 aliphatic rings. The van der Waals surface area contributed by atoms with E-state index in [0.717, 1.165) is 29.9 Å². The molecule has 2 aromatic rings. The molecule has 1 aliphatic heterocycles. The third-order valence-electron chi connectivity index (χ3n) is 3.60. The van der Waals surface area contributed by atoms with E-state index in [1.165, 1.54) is 15.8 Å². The van der Waals surface area contributed by atoms with Crippen LogP contribution >= 0.6 is 11.5 Å². The number of sulfonamides is 1. The maximum absolute atomic E-state index is 12.5. The van der Waals surface area contributed by atoms with Gasteiger partial charge in [0, 0.05) is 31.0 Å². The molecule has 8 heteroatoms. The fourth-order valence-corrected chi connectivity index (χ4v) is 4.57. The van der Waals surface area contributed by atoms with E-state index in [9.17, 15) is 8.42 Å². The number of nitrogens with zero attached hydrogens (tertiary/aromatic N) is 3. The SMILES string of the molecule is CCc1nsc(NCCS(=O)(=O)N2CCc3ccccc32)n1. The number of para-hydroxylation sites is 1. The van der Waals surface area contributed by atoms with Crippen LogP contribution in [0.5, 0.6) is 0 Å². The molecular weight excluding hydrogens is 320 g/mol. The maximum atomic E-state index is 12.5. The second-order valence-electron chi connectivity index (χ2n) is 5.06. The summed E-state index contributed by atoms with van der Waals surface area (Å²) in [5.41, 5.74) is 1.91. The summed E-state index contributed by atoms with van der Waals surface area (Å²) in [6, 6.07) is 7.66. The fraction of sp³-hybridized carbons (Fsp3) is 0.429. The smallest absolute Gasteiger partial charge is 0.236 e. The molecule has 2 heterocycles. The molecule has 0 radical (unpaired) electrons. The van der Waals surface area contributed by atoms with Crippen LogP contribution < -0.4 is 9.62 Å². The minimum Gasteiger partial charge on any atom is -0.359 e.